The predicted octanol–water partition coefficient (Wildman–Crippen LogP) is 3.81. The van der Waals surface area contributed by atoms with E-state index in [1.807, 2.05) is 0 Å². The van der Waals surface area contributed by atoms with E-state index in [2.05, 4.69) is 36.1 Å². The summed E-state index contributed by atoms with van der Waals surface area (Å²) in [6.07, 6.45) is 11.6. The minimum Gasteiger partial charge on any atom is -0.316 e. The van der Waals surface area contributed by atoms with Gasteiger partial charge in [0, 0.05) is 6.20 Å². The van der Waals surface area contributed by atoms with E-state index in [4.69, 9.17) is 5.10 Å². The molecule has 118 valence electrons. The van der Waals surface area contributed by atoms with Gasteiger partial charge in [0.05, 0.1) is 11.7 Å². The van der Waals surface area contributed by atoms with Gasteiger partial charge in [0.2, 0.25) is 0 Å². The highest BCUT2D eigenvalue weighted by molar-refractivity contribution is 5.03. The SMILES string of the molecule is CC(C)CNCC1CCC1Cc1ccn(C2CCCC2)n1. The van der Waals surface area contributed by atoms with Gasteiger partial charge >= 0.3 is 0 Å². The molecule has 2 aliphatic carbocycles. The van der Waals surface area contributed by atoms with Crippen molar-refractivity contribution in [2.45, 2.75) is 64.8 Å². The molecule has 0 spiro atoms. The Morgan fingerprint density at radius 3 is 2.62 bits per heavy atom. The molecule has 2 saturated carbocycles. The highest BCUT2D eigenvalue weighted by Gasteiger charge is 2.31. The average Bonchev–Trinajstić information content (AvgIpc) is 3.09. The van der Waals surface area contributed by atoms with Crippen molar-refractivity contribution in [2.24, 2.45) is 17.8 Å². The summed E-state index contributed by atoms with van der Waals surface area (Å²) in [4.78, 5) is 0. The van der Waals surface area contributed by atoms with Gasteiger partial charge in [0.25, 0.3) is 0 Å². The summed E-state index contributed by atoms with van der Waals surface area (Å²) < 4.78 is 2.24. The zero-order chi connectivity index (χ0) is 14.7. The monoisotopic (exact) mass is 289 g/mol. The smallest absolute Gasteiger partial charge is 0.0627 e. The molecule has 21 heavy (non-hydrogen) atoms. The Labute approximate surface area is 129 Å². The van der Waals surface area contributed by atoms with Crippen molar-refractivity contribution >= 4 is 0 Å². The van der Waals surface area contributed by atoms with E-state index in [0.29, 0.717) is 6.04 Å². The largest absolute Gasteiger partial charge is 0.316 e. The molecule has 0 aliphatic heterocycles. The molecule has 3 nitrogen and oxygen atoms in total. The van der Waals surface area contributed by atoms with Crippen LogP contribution in [0.3, 0.4) is 0 Å². The van der Waals surface area contributed by atoms with E-state index in [0.717, 1.165) is 24.3 Å². The standard InChI is InChI=1S/C18H31N3/c1-14(2)12-19-13-16-8-7-15(16)11-17-9-10-21(20-17)18-5-3-4-6-18/h9-10,14-16,18-19H,3-8,11-13H2,1-2H3. The van der Waals surface area contributed by atoms with Crippen LogP contribution in [-0.2, 0) is 6.42 Å². The lowest BCUT2D eigenvalue weighted by molar-refractivity contribution is 0.168. The lowest BCUT2D eigenvalue weighted by Crippen LogP contribution is -2.37. The molecule has 0 saturated heterocycles. The summed E-state index contributed by atoms with van der Waals surface area (Å²) in [6.45, 7) is 6.91. The number of aromatic nitrogens is 2. The van der Waals surface area contributed by atoms with Crippen molar-refractivity contribution in [2.75, 3.05) is 13.1 Å². The third-order valence-corrected chi connectivity index (χ3v) is 5.37. The van der Waals surface area contributed by atoms with E-state index in [1.54, 1.807) is 0 Å². The second-order valence-corrected chi connectivity index (χ2v) is 7.58. The van der Waals surface area contributed by atoms with Gasteiger partial charge in [0.15, 0.2) is 0 Å². The van der Waals surface area contributed by atoms with Gasteiger partial charge in [-0.05, 0) is 69.0 Å². The zero-order valence-corrected chi connectivity index (χ0v) is 13.7. The minimum absolute atomic E-state index is 0.684. The summed E-state index contributed by atoms with van der Waals surface area (Å²) >= 11 is 0. The van der Waals surface area contributed by atoms with Crippen LogP contribution in [0.5, 0.6) is 0 Å². The molecule has 3 heteroatoms. The fourth-order valence-electron chi connectivity index (χ4n) is 3.86. The first-order valence-electron chi connectivity index (χ1n) is 8.97. The minimum atomic E-state index is 0.684. The Balaban J connectivity index is 1.45. The molecule has 0 radical (unpaired) electrons. The van der Waals surface area contributed by atoms with Crippen molar-refractivity contribution in [3.63, 3.8) is 0 Å². The maximum atomic E-state index is 4.85. The molecular weight excluding hydrogens is 258 g/mol. The van der Waals surface area contributed by atoms with Crippen LogP contribution in [-0.4, -0.2) is 22.9 Å². The molecule has 1 N–H and O–H groups in total. The van der Waals surface area contributed by atoms with Crippen LogP contribution in [0.2, 0.25) is 0 Å². The molecule has 2 atom stereocenters. The van der Waals surface area contributed by atoms with Gasteiger partial charge in [-0.15, -0.1) is 0 Å². The maximum absolute atomic E-state index is 4.85. The highest BCUT2D eigenvalue weighted by Crippen LogP contribution is 2.36. The Kier molecular flexibility index (Phi) is 4.99. The van der Waals surface area contributed by atoms with Crippen LogP contribution < -0.4 is 5.32 Å². The summed E-state index contributed by atoms with van der Waals surface area (Å²) in [6, 6.07) is 2.94. The summed E-state index contributed by atoms with van der Waals surface area (Å²) in [5, 5.41) is 8.48. The molecule has 3 rings (SSSR count). The molecule has 2 fully saturated rings. The van der Waals surface area contributed by atoms with Gasteiger partial charge in [-0.2, -0.15) is 5.10 Å². The Morgan fingerprint density at radius 1 is 1.19 bits per heavy atom. The molecule has 0 bridgehead atoms. The van der Waals surface area contributed by atoms with Crippen LogP contribution in [0, 0.1) is 17.8 Å². The fraction of sp³-hybridized carbons (Fsp3) is 0.833. The summed E-state index contributed by atoms with van der Waals surface area (Å²) in [7, 11) is 0. The maximum Gasteiger partial charge on any atom is 0.0627 e. The number of rotatable bonds is 7. The van der Waals surface area contributed by atoms with Crippen LogP contribution in [0.1, 0.15) is 64.1 Å². The molecule has 0 amide bonds. The summed E-state index contributed by atoms with van der Waals surface area (Å²) in [5.74, 6) is 2.49. The molecule has 1 aromatic rings. The third kappa shape index (κ3) is 3.88. The summed E-state index contributed by atoms with van der Waals surface area (Å²) in [5.41, 5.74) is 1.32. The van der Waals surface area contributed by atoms with E-state index < -0.39 is 0 Å². The van der Waals surface area contributed by atoms with Crippen LogP contribution >= 0.6 is 0 Å². The van der Waals surface area contributed by atoms with Gasteiger partial charge in [-0.25, -0.2) is 0 Å². The normalized spacial score (nSPS) is 26.4. The van der Waals surface area contributed by atoms with Crippen molar-refractivity contribution in [1.29, 1.82) is 0 Å². The van der Waals surface area contributed by atoms with Crippen LogP contribution in [0.4, 0.5) is 0 Å². The number of hydrogen-bond acceptors (Lipinski definition) is 2. The molecule has 1 aromatic heterocycles. The second kappa shape index (κ2) is 6.95. The van der Waals surface area contributed by atoms with Crippen molar-refractivity contribution in [3.05, 3.63) is 18.0 Å². The number of nitrogens with zero attached hydrogens (tertiary/aromatic N) is 2. The van der Waals surface area contributed by atoms with Crippen molar-refractivity contribution < 1.29 is 0 Å². The topological polar surface area (TPSA) is 29.9 Å². The van der Waals surface area contributed by atoms with E-state index >= 15 is 0 Å². The Hall–Kier alpha value is -0.830. The number of nitrogens with one attached hydrogen (secondary N) is 1. The molecular formula is C18H31N3. The van der Waals surface area contributed by atoms with Crippen LogP contribution in [0.25, 0.3) is 0 Å². The number of hydrogen-bond donors (Lipinski definition) is 1. The van der Waals surface area contributed by atoms with E-state index in [1.165, 1.54) is 57.2 Å². The molecule has 2 unspecified atom stereocenters. The van der Waals surface area contributed by atoms with Crippen molar-refractivity contribution in [1.82, 2.24) is 15.1 Å². The lowest BCUT2D eigenvalue weighted by Gasteiger charge is -2.36. The predicted molar refractivity (Wildman–Crippen MR) is 87.4 cm³/mol. The highest BCUT2D eigenvalue weighted by atomic mass is 15.3. The lowest BCUT2D eigenvalue weighted by atomic mass is 9.71. The first kappa shape index (κ1) is 15.1. The van der Waals surface area contributed by atoms with Gasteiger partial charge in [-0.1, -0.05) is 26.7 Å². The van der Waals surface area contributed by atoms with Gasteiger partial charge in [-0.3, -0.25) is 4.68 Å². The fourth-order valence-corrected chi connectivity index (χ4v) is 3.86. The quantitative estimate of drug-likeness (QED) is 0.827. The average molecular weight is 289 g/mol. The zero-order valence-electron chi connectivity index (χ0n) is 13.7. The van der Waals surface area contributed by atoms with Crippen LogP contribution in [0.15, 0.2) is 12.3 Å². The molecule has 2 aliphatic rings. The third-order valence-electron chi connectivity index (χ3n) is 5.37. The first-order valence-corrected chi connectivity index (χ1v) is 8.97. The Bertz CT molecular complexity index is 431. The second-order valence-electron chi connectivity index (χ2n) is 7.58. The van der Waals surface area contributed by atoms with Gasteiger partial charge in [0.1, 0.15) is 0 Å². The van der Waals surface area contributed by atoms with Gasteiger partial charge < -0.3 is 5.32 Å². The molecule has 0 aromatic carbocycles. The van der Waals surface area contributed by atoms with E-state index in [9.17, 15) is 0 Å². The first-order chi connectivity index (χ1) is 10.2. The molecule has 1 heterocycles. The Morgan fingerprint density at radius 2 is 1.95 bits per heavy atom. The van der Waals surface area contributed by atoms with E-state index in [-0.39, 0.29) is 0 Å². The van der Waals surface area contributed by atoms with Crippen molar-refractivity contribution in [3.8, 4) is 0 Å².